The monoisotopic (exact) mass is 233 g/mol. The minimum atomic E-state index is -0.470. The molecule has 1 unspecified atom stereocenters. The van der Waals surface area contributed by atoms with E-state index < -0.39 is 6.10 Å². The zero-order valence-electron chi connectivity index (χ0n) is 9.47. The number of aryl methyl sites for hydroxylation is 1. The fourth-order valence-corrected chi connectivity index (χ4v) is 2.47. The number of hydrogen-bond acceptors (Lipinski definition) is 3. The predicted molar refractivity (Wildman–Crippen MR) is 66.7 cm³/mol. The summed E-state index contributed by atoms with van der Waals surface area (Å²) in [5.41, 5.74) is 3.36. The number of thiazole rings is 1. The van der Waals surface area contributed by atoms with Gasteiger partial charge in [-0.3, -0.25) is 0 Å². The Labute approximate surface area is 99.6 Å². The maximum Gasteiger partial charge on any atom is 0.0973 e. The maximum atomic E-state index is 9.40. The molecule has 0 fully saturated rings. The second-order valence-electron chi connectivity index (χ2n) is 3.95. The summed E-state index contributed by atoms with van der Waals surface area (Å²) in [4.78, 5) is 4.41. The van der Waals surface area contributed by atoms with Crippen LogP contribution in [0.1, 0.15) is 34.9 Å². The zero-order chi connectivity index (χ0) is 11.5. The van der Waals surface area contributed by atoms with Crippen LogP contribution in [0.4, 0.5) is 0 Å². The molecule has 2 rings (SSSR count). The van der Waals surface area contributed by atoms with Crippen molar-refractivity contribution in [1.29, 1.82) is 0 Å². The van der Waals surface area contributed by atoms with Crippen LogP contribution in [0, 0.1) is 6.92 Å². The fourth-order valence-electron chi connectivity index (χ4n) is 1.57. The van der Waals surface area contributed by atoms with Crippen LogP contribution in [0.5, 0.6) is 0 Å². The van der Waals surface area contributed by atoms with Gasteiger partial charge < -0.3 is 5.11 Å². The van der Waals surface area contributed by atoms with Crippen molar-refractivity contribution in [3.8, 4) is 0 Å². The average molecular weight is 233 g/mol. The first-order chi connectivity index (χ1) is 7.66. The quantitative estimate of drug-likeness (QED) is 0.883. The smallest absolute Gasteiger partial charge is 0.0973 e. The standard InChI is InChI=1S/C13H15NOS/c1-9-5-3-4-6-11(9)7-13-14-12(8-16-13)10(2)15/h3-6,8,10,15H,7H2,1-2H3. The van der Waals surface area contributed by atoms with Gasteiger partial charge in [0.15, 0.2) is 0 Å². The molecule has 0 aliphatic carbocycles. The highest BCUT2D eigenvalue weighted by atomic mass is 32.1. The maximum absolute atomic E-state index is 9.40. The van der Waals surface area contributed by atoms with Crippen LogP contribution in [-0.2, 0) is 6.42 Å². The molecule has 1 aromatic carbocycles. The molecule has 0 bridgehead atoms. The lowest BCUT2D eigenvalue weighted by Crippen LogP contribution is -1.94. The highest BCUT2D eigenvalue weighted by Crippen LogP contribution is 2.20. The molecule has 2 nitrogen and oxygen atoms in total. The van der Waals surface area contributed by atoms with Gasteiger partial charge in [0, 0.05) is 11.8 Å². The summed E-state index contributed by atoms with van der Waals surface area (Å²) in [6.45, 7) is 3.85. The van der Waals surface area contributed by atoms with E-state index >= 15 is 0 Å². The Morgan fingerprint density at radius 3 is 2.75 bits per heavy atom. The summed E-state index contributed by atoms with van der Waals surface area (Å²) < 4.78 is 0. The zero-order valence-corrected chi connectivity index (χ0v) is 10.3. The van der Waals surface area contributed by atoms with E-state index in [0.717, 1.165) is 17.1 Å². The molecule has 0 saturated heterocycles. The van der Waals surface area contributed by atoms with Crippen LogP contribution in [0.25, 0.3) is 0 Å². The first kappa shape index (κ1) is 11.3. The number of hydrogen-bond donors (Lipinski definition) is 1. The molecule has 84 valence electrons. The minimum absolute atomic E-state index is 0.470. The second-order valence-corrected chi connectivity index (χ2v) is 4.89. The second kappa shape index (κ2) is 4.76. The van der Waals surface area contributed by atoms with E-state index in [2.05, 4.69) is 24.0 Å². The number of aromatic nitrogens is 1. The Bertz CT molecular complexity index is 476. The Hall–Kier alpha value is -1.19. The van der Waals surface area contributed by atoms with Gasteiger partial charge in [-0.2, -0.15) is 0 Å². The number of benzene rings is 1. The third-order valence-corrected chi connectivity index (χ3v) is 3.47. The van der Waals surface area contributed by atoms with Gasteiger partial charge in [-0.1, -0.05) is 24.3 Å². The van der Waals surface area contributed by atoms with Crippen molar-refractivity contribution in [2.45, 2.75) is 26.4 Å². The van der Waals surface area contributed by atoms with E-state index in [1.807, 2.05) is 17.5 Å². The fraction of sp³-hybridized carbons (Fsp3) is 0.308. The Balaban J connectivity index is 2.18. The van der Waals surface area contributed by atoms with E-state index in [4.69, 9.17) is 0 Å². The molecule has 0 radical (unpaired) electrons. The molecule has 3 heteroatoms. The van der Waals surface area contributed by atoms with Crippen LogP contribution < -0.4 is 0 Å². The highest BCUT2D eigenvalue weighted by molar-refractivity contribution is 7.09. The summed E-state index contributed by atoms with van der Waals surface area (Å²) in [5, 5.41) is 12.4. The summed E-state index contributed by atoms with van der Waals surface area (Å²) in [6.07, 6.45) is 0.381. The van der Waals surface area contributed by atoms with Gasteiger partial charge in [-0.25, -0.2) is 4.98 Å². The van der Waals surface area contributed by atoms with Crippen molar-refractivity contribution in [2.24, 2.45) is 0 Å². The van der Waals surface area contributed by atoms with E-state index in [-0.39, 0.29) is 0 Å². The third-order valence-electron chi connectivity index (χ3n) is 2.60. The molecule has 0 spiro atoms. The molecule has 16 heavy (non-hydrogen) atoms. The number of nitrogens with zero attached hydrogens (tertiary/aromatic N) is 1. The number of aliphatic hydroxyl groups is 1. The van der Waals surface area contributed by atoms with E-state index in [0.29, 0.717) is 0 Å². The normalized spacial score (nSPS) is 12.7. The van der Waals surface area contributed by atoms with Crippen molar-refractivity contribution >= 4 is 11.3 Å². The first-order valence-corrected chi connectivity index (χ1v) is 6.21. The van der Waals surface area contributed by atoms with E-state index in [1.165, 1.54) is 11.1 Å². The average Bonchev–Trinajstić information content (AvgIpc) is 2.70. The summed E-state index contributed by atoms with van der Waals surface area (Å²) >= 11 is 1.61. The Morgan fingerprint density at radius 2 is 2.12 bits per heavy atom. The topological polar surface area (TPSA) is 33.1 Å². The molecule has 0 aliphatic rings. The molecule has 1 aromatic heterocycles. The van der Waals surface area contributed by atoms with Gasteiger partial charge in [0.05, 0.1) is 16.8 Å². The Morgan fingerprint density at radius 1 is 1.38 bits per heavy atom. The van der Waals surface area contributed by atoms with Gasteiger partial charge in [0.1, 0.15) is 0 Å². The summed E-state index contributed by atoms with van der Waals surface area (Å²) in [6, 6.07) is 8.32. The molecular formula is C13H15NOS. The summed E-state index contributed by atoms with van der Waals surface area (Å²) in [5.74, 6) is 0. The van der Waals surface area contributed by atoms with Gasteiger partial charge in [-0.05, 0) is 25.0 Å². The molecule has 1 atom stereocenters. The largest absolute Gasteiger partial charge is 0.387 e. The third kappa shape index (κ3) is 2.49. The van der Waals surface area contributed by atoms with Gasteiger partial charge in [0.2, 0.25) is 0 Å². The lowest BCUT2D eigenvalue weighted by atomic mass is 10.1. The molecule has 1 heterocycles. The molecule has 0 saturated carbocycles. The SMILES string of the molecule is Cc1ccccc1Cc1nc(C(C)O)cs1. The van der Waals surface area contributed by atoms with Crippen molar-refractivity contribution < 1.29 is 5.11 Å². The molecule has 1 N–H and O–H groups in total. The summed E-state index contributed by atoms with van der Waals surface area (Å²) in [7, 11) is 0. The molecule has 2 aromatic rings. The van der Waals surface area contributed by atoms with Crippen LogP contribution in [-0.4, -0.2) is 10.1 Å². The van der Waals surface area contributed by atoms with Crippen LogP contribution in [0.2, 0.25) is 0 Å². The van der Waals surface area contributed by atoms with Crippen LogP contribution in [0.15, 0.2) is 29.6 Å². The lowest BCUT2D eigenvalue weighted by Gasteiger charge is -2.02. The lowest BCUT2D eigenvalue weighted by molar-refractivity contribution is 0.195. The van der Waals surface area contributed by atoms with Gasteiger partial charge in [0.25, 0.3) is 0 Å². The minimum Gasteiger partial charge on any atom is -0.387 e. The van der Waals surface area contributed by atoms with Crippen molar-refractivity contribution in [3.05, 3.63) is 51.5 Å². The van der Waals surface area contributed by atoms with Crippen LogP contribution >= 0.6 is 11.3 Å². The highest BCUT2D eigenvalue weighted by Gasteiger charge is 2.08. The van der Waals surface area contributed by atoms with E-state index in [9.17, 15) is 5.11 Å². The van der Waals surface area contributed by atoms with Gasteiger partial charge >= 0.3 is 0 Å². The van der Waals surface area contributed by atoms with Crippen molar-refractivity contribution in [3.63, 3.8) is 0 Å². The Kier molecular flexibility index (Phi) is 3.36. The number of rotatable bonds is 3. The van der Waals surface area contributed by atoms with Gasteiger partial charge in [-0.15, -0.1) is 11.3 Å². The predicted octanol–water partition coefficient (Wildman–Crippen LogP) is 3.10. The molecule has 0 amide bonds. The van der Waals surface area contributed by atoms with Crippen molar-refractivity contribution in [1.82, 2.24) is 4.98 Å². The van der Waals surface area contributed by atoms with Crippen molar-refractivity contribution in [2.75, 3.05) is 0 Å². The molecule has 0 aliphatic heterocycles. The van der Waals surface area contributed by atoms with E-state index in [1.54, 1.807) is 18.3 Å². The first-order valence-electron chi connectivity index (χ1n) is 5.33. The molecular weight excluding hydrogens is 218 g/mol. The number of aliphatic hydroxyl groups excluding tert-OH is 1. The van der Waals surface area contributed by atoms with Crippen LogP contribution in [0.3, 0.4) is 0 Å².